The molecule has 1 atom stereocenters. The highest BCUT2D eigenvalue weighted by Gasteiger charge is 2.32. The van der Waals surface area contributed by atoms with Gasteiger partial charge in [-0.2, -0.15) is 0 Å². The first-order chi connectivity index (χ1) is 12.9. The van der Waals surface area contributed by atoms with Gasteiger partial charge in [0.25, 0.3) is 0 Å². The number of urea groups is 1. The minimum absolute atomic E-state index is 0.0529. The maximum Gasteiger partial charge on any atom is 0.319 e. The number of nitrogens with one attached hydrogen (secondary N) is 2. The van der Waals surface area contributed by atoms with E-state index in [2.05, 4.69) is 26.6 Å². The number of benzene rings is 2. The minimum atomic E-state index is -0.713. The summed E-state index contributed by atoms with van der Waals surface area (Å²) < 4.78 is 14.5. The first kappa shape index (κ1) is 19.4. The topological polar surface area (TPSA) is 61.4 Å². The van der Waals surface area contributed by atoms with E-state index in [1.165, 1.54) is 12.1 Å². The maximum atomic E-state index is 13.9. The summed E-state index contributed by atoms with van der Waals surface area (Å²) in [6, 6.07) is 10.8. The molecule has 0 aliphatic carbocycles. The Morgan fingerprint density at radius 1 is 1.19 bits per heavy atom. The number of amides is 3. The molecule has 2 aromatic rings. The smallest absolute Gasteiger partial charge is 0.319 e. The van der Waals surface area contributed by atoms with Gasteiger partial charge < -0.3 is 15.5 Å². The second kappa shape index (κ2) is 8.08. The highest BCUT2D eigenvalue weighted by Crippen LogP contribution is 2.28. The van der Waals surface area contributed by atoms with Gasteiger partial charge in [-0.05, 0) is 42.2 Å². The van der Waals surface area contributed by atoms with E-state index in [1.54, 1.807) is 11.0 Å². The lowest BCUT2D eigenvalue weighted by Gasteiger charge is -2.27. The van der Waals surface area contributed by atoms with Crippen LogP contribution in [0.25, 0.3) is 0 Å². The van der Waals surface area contributed by atoms with Crippen LogP contribution in [0.15, 0.2) is 46.9 Å². The summed E-state index contributed by atoms with van der Waals surface area (Å²) >= 11 is 3.17. The Labute approximate surface area is 166 Å². The van der Waals surface area contributed by atoms with Crippen molar-refractivity contribution < 1.29 is 14.0 Å². The molecule has 7 heteroatoms. The van der Waals surface area contributed by atoms with Crippen LogP contribution in [0.2, 0.25) is 0 Å². The fourth-order valence-electron chi connectivity index (χ4n) is 3.14. The van der Waals surface area contributed by atoms with E-state index >= 15 is 0 Å². The van der Waals surface area contributed by atoms with Gasteiger partial charge in [0.05, 0.1) is 5.69 Å². The number of carbonyl (C=O) groups is 2. The third-order valence-electron chi connectivity index (χ3n) is 4.55. The van der Waals surface area contributed by atoms with Crippen LogP contribution >= 0.6 is 15.9 Å². The van der Waals surface area contributed by atoms with Crippen molar-refractivity contribution in [2.45, 2.75) is 26.3 Å². The molecule has 1 aliphatic rings. The van der Waals surface area contributed by atoms with Crippen LogP contribution in [-0.2, 0) is 11.2 Å². The average Bonchev–Trinajstić information content (AvgIpc) is 3.05. The largest absolute Gasteiger partial charge is 0.326 e. The van der Waals surface area contributed by atoms with Crippen molar-refractivity contribution in [3.8, 4) is 0 Å². The molecule has 142 valence electrons. The van der Waals surface area contributed by atoms with Gasteiger partial charge in [0.1, 0.15) is 11.9 Å². The zero-order chi connectivity index (χ0) is 19.6. The fourth-order valence-corrected chi connectivity index (χ4v) is 3.47. The van der Waals surface area contributed by atoms with Crippen LogP contribution in [0, 0.1) is 11.7 Å². The van der Waals surface area contributed by atoms with Crippen LogP contribution < -0.4 is 15.5 Å². The first-order valence-corrected chi connectivity index (χ1v) is 9.58. The van der Waals surface area contributed by atoms with E-state index in [4.69, 9.17) is 0 Å². The molecule has 2 aromatic carbocycles. The van der Waals surface area contributed by atoms with Crippen LogP contribution in [0.5, 0.6) is 0 Å². The Morgan fingerprint density at radius 3 is 2.63 bits per heavy atom. The molecule has 2 N–H and O–H groups in total. The lowest BCUT2D eigenvalue weighted by molar-refractivity contribution is -0.121. The van der Waals surface area contributed by atoms with E-state index < -0.39 is 17.9 Å². The summed E-state index contributed by atoms with van der Waals surface area (Å²) in [4.78, 5) is 27.1. The van der Waals surface area contributed by atoms with Crippen molar-refractivity contribution in [2.75, 3.05) is 16.8 Å². The predicted octanol–water partition coefficient (Wildman–Crippen LogP) is 4.32. The molecule has 0 radical (unpaired) electrons. The highest BCUT2D eigenvalue weighted by molar-refractivity contribution is 9.10. The van der Waals surface area contributed by atoms with Gasteiger partial charge in [0, 0.05) is 16.7 Å². The van der Waals surface area contributed by atoms with E-state index in [9.17, 15) is 14.0 Å². The number of anilines is 2. The quantitative estimate of drug-likeness (QED) is 0.753. The Kier molecular flexibility index (Phi) is 5.79. The molecule has 0 unspecified atom stereocenters. The molecular weight excluding hydrogens is 413 g/mol. The van der Waals surface area contributed by atoms with Crippen molar-refractivity contribution >= 4 is 39.2 Å². The molecule has 0 saturated heterocycles. The van der Waals surface area contributed by atoms with Gasteiger partial charge in [-0.15, -0.1) is 0 Å². The first-order valence-electron chi connectivity index (χ1n) is 8.78. The molecule has 3 rings (SSSR count). The lowest BCUT2D eigenvalue weighted by atomic mass is 10.0. The summed E-state index contributed by atoms with van der Waals surface area (Å²) in [5, 5.41) is 5.17. The second-order valence-electron chi connectivity index (χ2n) is 6.81. The number of nitrogens with zero attached hydrogens (tertiary/aromatic N) is 1. The Bertz CT molecular complexity index is 872. The number of carbonyl (C=O) groups excluding carboxylic acids is 2. The number of halogens is 2. The van der Waals surface area contributed by atoms with Crippen molar-refractivity contribution in [1.29, 1.82) is 0 Å². The summed E-state index contributed by atoms with van der Waals surface area (Å²) in [6.07, 6.45) is 0.795. The predicted molar refractivity (Wildman–Crippen MR) is 107 cm³/mol. The zero-order valence-corrected chi connectivity index (χ0v) is 16.7. The van der Waals surface area contributed by atoms with Gasteiger partial charge >= 0.3 is 6.03 Å². The van der Waals surface area contributed by atoms with Gasteiger partial charge in [0.2, 0.25) is 5.91 Å². The SMILES string of the molecule is CC(C)[C@@H](NC(=O)Nc1ccc(Br)cc1F)C(=O)N1CCc2ccccc21. The van der Waals surface area contributed by atoms with Gasteiger partial charge in [-0.25, -0.2) is 9.18 Å². The summed E-state index contributed by atoms with van der Waals surface area (Å²) in [5.41, 5.74) is 2.06. The Hall–Kier alpha value is -2.41. The number of hydrogen-bond donors (Lipinski definition) is 2. The van der Waals surface area contributed by atoms with Crippen molar-refractivity contribution in [3.63, 3.8) is 0 Å². The van der Waals surface area contributed by atoms with Crippen molar-refractivity contribution in [1.82, 2.24) is 5.32 Å². The van der Waals surface area contributed by atoms with Crippen molar-refractivity contribution in [2.24, 2.45) is 5.92 Å². The van der Waals surface area contributed by atoms with Crippen LogP contribution in [0.3, 0.4) is 0 Å². The molecule has 0 aromatic heterocycles. The fraction of sp³-hybridized carbons (Fsp3) is 0.300. The van der Waals surface area contributed by atoms with Crippen LogP contribution in [0.4, 0.5) is 20.6 Å². The van der Waals surface area contributed by atoms with Gasteiger partial charge in [-0.3, -0.25) is 4.79 Å². The minimum Gasteiger partial charge on any atom is -0.326 e. The molecule has 0 spiro atoms. The van der Waals surface area contributed by atoms with E-state index in [-0.39, 0.29) is 17.5 Å². The van der Waals surface area contributed by atoms with Crippen molar-refractivity contribution in [3.05, 3.63) is 58.3 Å². The average molecular weight is 434 g/mol. The second-order valence-corrected chi connectivity index (χ2v) is 7.73. The van der Waals surface area contributed by atoms with E-state index in [0.29, 0.717) is 11.0 Å². The molecule has 0 bridgehead atoms. The van der Waals surface area contributed by atoms with Gasteiger partial charge in [-0.1, -0.05) is 48.0 Å². The third kappa shape index (κ3) is 4.30. The monoisotopic (exact) mass is 433 g/mol. The molecule has 3 amide bonds. The number of rotatable bonds is 4. The highest BCUT2D eigenvalue weighted by atomic mass is 79.9. The molecule has 1 heterocycles. The Balaban J connectivity index is 1.72. The zero-order valence-electron chi connectivity index (χ0n) is 15.1. The molecule has 0 saturated carbocycles. The summed E-state index contributed by atoms with van der Waals surface area (Å²) in [7, 11) is 0. The molecular formula is C20H21BrFN3O2. The van der Waals surface area contributed by atoms with E-state index in [0.717, 1.165) is 17.7 Å². The summed E-state index contributed by atoms with van der Waals surface area (Å²) in [6.45, 7) is 4.32. The maximum absolute atomic E-state index is 13.9. The number of fused-ring (bicyclic) bond motifs is 1. The van der Waals surface area contributed by atoms with Crippen LogP contribution in [0.1, 0.15) is 19.4 Å². The summed E-state index contributed by atoms with van der Waals surface area (Å²) in [5.74, 6) is -0.840. The van der Waals surface area contributed by atoms with E-state index in [1.807, 2.05) is 38.1 Å². The lowest BCUT2D eigenvalue weighted by Crippen LogP contribution is -2.52. The molecule has 0 fully saturated rings. The number of hydrogen-bond acceptors (Lipinski definition) is 2. The normalized spacial score (nSPS) is 14.0. The third-order valence-corrected chi connectivity index (χ3v) is 5.05. The molecule has 27 heavy (non-hydrogen) atoms. The Morgan fingerprint density at radius 2 is 1.93 bits per heavy atom. The molecule has 1 aliphatic heterocycles. The molecule has 5 nitrogen and oxygen atoms in total. The van der Waals surface area contributed by atoms with Crippen LogP contribution in [-0.4, -0.2) is 24.5 Å². The van der Waals surface area contributed by atoms with Gasteiger partial charge in [0.15, 0.2) is 0 Å². The standard InChI is InChI=1S/C20H21BrFN3O2/c1-12(2)18(19(26)25-10-9-13-5-3-4-6-17(13)25)24-20(27)23-16-8-7-14(21)11-15(16)22/h3-8,11-12,18H,9-10H2,1-2H3,(H2,23,24,27)/t18-/m1/s1. The number of para-hydroxylation sites is 1.